The smallest absolute Gasteiger partial charge is 0.335 e. The van der Waals surface area contributed by atoms with Gasteiger partial charge in [-0.15, -0.1) is 11.8 Å². The third kappa shape index (κ3) is 4.79. The quantitative estimate of drug-likeness (QED) is 0.829. The fraction of sp³-hybridized carbons (Fsp3) is 0.364. The van der Waals surface area contributed by atoms with Crippen molar-refractivity contribution in [3.8, 4) is 0 Å². The Hall–Kier alpha value is -1.01. The summed E-state index contributed by atoms with van der Waals surface area (Å²) in [6.07, 6.45) is 1.19. The summed E-state index contributed by atoms with van der Waals surface area (Å²) in [4.78, 5) is 11.7. The van der Waals surface area contributed by atoms with Crippen LogP contribution in [0, 0.1) is 6.92 Å². The number of sulfone groups is 1. The minimum Gasteiger partial charge on any atom is -0.478 e. The van der Waals surface area contributed by atoms with Gasteiger partial charge < -0.3 is 5.11 Å². The van der Waals surface area contributed by atoms with Crippen molar-refractivity contribution < 1.29 is 18.3 Å². The highest BCUT2D eigenvalue weighted by Gasteiger charge is 2.08. The predicted octanol–water partition coefficient (Wildman–Crippen LogP) is 1.83. The molecule has 0 atom stereocenters. The van der Waals surface area contributed by atoms with E-state index in [0.29, 0.717) is 11.3 Å². The molecule has 17 heavy (non-hydrogen) atoms. The van der Waals surface area contributed by atoms with Crippen molar-refractivity contribution in [2.75, 3.05) is 17.8 Å². The van der Waals surface area contributed by atoms with Crippen LogP contribution in [0.2, 0.25) is 0 Å². The van der Waals surface area contributed by atoms with Crippen molar-refractivity contribution in [2.45, 2.75) is 11.8 Å². The third-order valence-corrected chi connectivity index (χ3v) is 4.36. The number of carboxylic acid groups (broad SMARTS) is 1. The zero-order chi connectivity index (χ0) is 13.1. The lowest BCUT2D eigenvalue weighted by molar-refractivity contribution is 0.0696. The summed E-state index contributed by atoms with van der Waals surface area (Å²) in [6, 6.07) is 5.10. The average Bonchev–Trinajstić information content (AvgIpc) is 2.18. The molecule has 0 bridgehead atoms. The van der Waals surface area contributed by atoms with Crippen LogP contribution in [-0.2, 0) is 9.84 Å². The normalized spacial score (nSPS) is 11.4. The lowest BCUT2D eigenvalue weighted by atomic mass is 10.1. The molecule has 94 valence electrons. The first-order valence-corrected chi connectivity index (χ1v) is 7.98. The van der Waals surface area contributed by atoms with Crippen LogP contribution in [0.5, 0.6) is 0 Å². The summed E-state index contributed by atoms with van der Waals surface area (Å²) in [5.74, 6) is -0.442. The van der Waals surface area contributed by atoms with Gasteiger partial charge in [-0.3, -0.25) is 0 Å². The van der Waals surface area contributed by atoms with Gasteiger partial charge in [-0.25, -0.2) is 13.2 Å². The van der Waals surface area contributed by atoms with E-state index in [1.54, 1.807) is 25.1 Å². The van der Waals surface area contributed by atoms with Gasteiger partial charge in [0.15, 0.2) is 0 Å². The Balaban J connectivity index is 2.73. The fourth-order valence-corrected chi connectivity index (χ4v) is 3.38. The second-order valence-electron chi connectivity index (χ2n) is 3.76. The van der Waals surface area contributed by atoms with Crippen molar-refractivity contribution in [3.63, 3.8) is 0 Å². The van der Waals surface area contributed by atoms with E-state index in [4.69, 9.17) is 5.11 Å². The molecule has 0 aliphatic carbocycles. The predicted molar refractivity (Wildman–Crippen MR) is 68.6 cm³/mol. The van der Waals surface area contributed by atoms with E-state index >= 15 is 0 Å². The molecule has 0 saturated carbocycles. The molecule has 0 saturated heterocycles. The first-order chi connectivity index (χ1) is 7.79. The van der Waals surface area contributed by atoms with Crippen molar-refractivity contribution in [1.29, 1.82) is 0 Å². The molecule has 0 amide bonds. The summed E-state index contributed by atoms with van der Waals surface area (Å²) in [5, 5.41) is 8.94. The van der Waals surface area contributed by atoms with Gasteiger partial charge in [0.05, 0.1) is 11.3 Å². The van der Waals surface area contributed by atoms with E-state index in [9.17, 15) is 13.2 Å². The van der Waals surface area contributed by atoms with Crippen molar-refractivity contribution in [2.24, 2.45) is 0 Å². The number of hydrogen-bond acceptors (Lipinski definition) is 4. The molecule has 0 heterocycles. The molecule has 4 nitrogen and oxygen atoms in total. The lowest BCUT2D eigenvalue weighted by Crippen LogP contribution is -2.05. The number of benzene rings is 1. The lowest BCUT2D eigenvalue weighted by Gasteiger charge is -2.05. The van der Waals surface area contributed by atoms with Gasteiger partial charge in [0, 0.05) is 16.9 Å². The number of hydrogen-bond donors (Lipinski definition) is 1. The number of aromatic carboxylic acids is 1. The van der Waals surface area contributed by atoms with Crippen LogP contribution in [0.4, 0.5) is 0 Å². The highest BCUT2D eigenvalue weighted by atomic mass is 32.2. The van der Waals surface area contributed by atoms with Crippen LogP contribution < -0.4 is 0 Å². The van der Waals surface area contributed by atoms with Gasteiger partial charge in [-0.1, -0.05) is 6.07 Å². The van der Waals surface area contributed by atoms with Crippen LogP contribution in [0.15, 0.2) is 23.1 Å². The number of aryl methyl sites for hydroxylation is 1. The second kappa shape index (κ2) is 5.55. The molecule has 1 N–H and O–H groups in total. The number of carbonyl (C=O) groups is 1. The van der Waals surface area contributed by atoms with Crippen LogP contribution in [0.25, 0.3) is 0 Å². The second-order valence-corrected chi connectivity index (χ2v) is 7.19. The first kappa shape index (κ1) is 14.1. The summed E-state index contributed by atoms with van der Waals surface area (Å²) in [6.45, 7) is 1.73. The molecule has 0 aliphatic heterocycles. The molecule has 0 fully saturated rings. The average molecular weight is 274 g/mol. The molecule has 6 heteroatoms. The van der Waals surface area contributed by atoms with Gasteiger partial charge in [0.2, 0.25) is 0 Å². The summed E-state index contributed by atoms with van der Waals surface area (Å²) < 4.78 is 21.9. The minimum absolute atomic E-state index is 0.0912. The van der Waals surface area contributed by atoms with Gasteiger partial charge in [0.1, 0.15) is 9.84 Å². The van der Waals surface area contributed by atoms with Crippen molar-refractivity contribution in [3.05, 3.63) is 29.3 Å². The first-order valence-electron chi connectivity index (χ1n) is 4.94. The van der Waals surface area contributed by atoms with Gasteiger partial charge in [0.25, 0.3) is 0 Å². The van der Waals surface area contributed by atoms with Crippen LogP contribution in [-0.4, -0.2) is 37.3 Å². The molecule has 0 radical (unpaired) electrons. The summed E-state index contributed by atoms with van der Waals surface area (Å²) >= 11 is 1.35. The van der Waals surface area contributed by atoms with Crippen molar-refractivity contribution in [1.82, 2.24) is 0 Å². The molecular formula is C11H14O4S2. The Kier molecular flexibility index (Phi) is 4.59. The summed E-state index contributed by atoms with van der Waals surface area (Å²) in [5.41, 5.74) is 0.958. The van der Waals surface area contributed by atoms with Gasteiger partial charge in [-0.2, -0.15) is 0 Å². The molecule has 0 aromatic heterocycles. The number of thioether (sulfide) groups is 1. The van der Waals surface area contributed by atoms with E-state index in [0.717, 1.165) is 4.90 Å². The summed E-state index contributed by atoms with van der Waals surface area (Å²) in [7, 11) is -2.97. The van der Waals surface area contributed by atoms with E-state index in [1.807, 2.05) is 0 Å². The Morgan fingerprint density at radius 2 is 2.06 bits per heavy atom. The van der Waals surface area contributed by atoms with Crippen LogP contribution in [0.3, 0.4) is 0 Å². The Morgan fingerprint density at radius 3 is 2.59 bits per heavy atom. The number of rotatable bonds is 5. The molecule has 0 spiro atoms. The monoisotopic (exact) mass is 274 g/mol. The van der Waals surface area contributed by atoms with E-state index in [-0.39, 0.29) is 11.3 Å². The molecule has 0 unspecified atom stereocenters. The maximum atomic E-state index is 10.9. The molecule has 1 aromatic carbocycles. The minimum atomic E-state index is -2.97. The SMILES string of the molecule is Cc1ccc(SCCS(C)(=O)=O)cc1C(=O)O. The van der Waals surface area contributed by atoms with E-state index in [2.05, 4.69) is 0 Å². The Morgan fingerprint density at radius 1 is 1.41 bits per heavy atom. The van der Waals surface area contributed by atoms with E-state index in [1.165, 1.54) is 18.0 Å². The zero-order valence-electron chi connectivity index (χ0n) is 9.63. The standard InChI is InChI=1S/C11H14O4S2/c1-8-3-4-9(7-10(8)11(12)13)16-5-6-17(2,14)15/h3-4,7H,5-6H2,1-2H3,(H,12,13). The largest absolute Gasteiger partial charge is 0.478 e. The fourth-order valence-electron chi connectivity index (χ4n) is 1.23. The topological polar surface area (TPSA) is 71.4 Å². The van der Waals surface area contributed by atoms with E-state index < -0.39 is 15.8 Å². The molecule has 1 rings (SSSR count). The molecule has 0 aliphatic rings. The highest BCUT2D eigenvalue weighted by molar-refractivity contribution is 8.00. The highest BCUT2D eigenvalue weighted by Crippen LogP contribution is 2.21. The molecular weight excluding hydrogens is 260 g/mol. The van der Waals surface area contributed by atoms with Gasteiger partial charge >= 0.3 is 5.97 Å². The Labute approximate surface area is 105 Å². The van der Waals surface area contributed by atoms with Gasteiger partial charge in [-0.05, 0) is 24.6 Å². The molecule has 1 aromatic rings. The number of carboxylic acids is 1. The zero-order valence-corrected chi connectivity index (χ0v) is 11.3. The van der Waals surface area contributed by atoms with Crippen LogP contribution >= 0.6 is 11.8 Å². The maximum absolute atomic E-state index is 10.9. The third-order valence-electron chi connectivity index (χ3n) is 2.16. The Bertz CT molecular complexity index is 520. The van der Waals surface area contributed by atoms with Crippen molar-refractivity contribution >= 4 is 27.6 Å². The van der Waals surface area contributed by atoms with Crippen LogP contribution in [0.1, 0.15) is 15.9 Å². The maximum Gasteiger partial charge on any atom is 0.335 e.